The molecule has 0 saturated heterocycles. The number of nitrogens with one attached hydrogen (secondary N) is 2. The number of benzene rings is 1. The summed E-state index contributed by atoms with van der Waals surface area (Å²) in [7, 11) is 0. The molecule has 1 aliphatic heterocycles. The highest BCUT2D eigenvalue weighted by Crippen LogP contribution is 2.34. The molecule has 1 aromatic carbocycles. The monoisotopic (exact) mass is 336 g/mol. The predicted molar refractivity (Wildman–Crippen MR) is 91.9 cm³/mol. The van der Waals surface area contributed by atoms with Crippen molar-refractivity contribution in [3.63, 3.8) is 0 Å². The summed E-state index contributed by atoms with van der Waals surface area (Å²) in [5.41, 5.74) is 2.86. The first kappa shape index (κ1) is 15.2. The van der Waals surface area contributed by atoms with Crippen LogP contribution in [-0.4, -0.2) is 34.3 Å². The molecule has 0 unspecified atom stereocenters. The average molecular weight is 336 g/mol. The van der Waals surface area contributed by atoms with Crippen LogP contribution in [0.2, 0.25) is 0 Å². The molecule has 3 heterocycles. The topological polar surface area (TPSA) is 89.1 Å². The smallest absolute Gasteiger partial charge is 0.260 e. The van der Waals surface area contributed by atoms with E-state index in [1.165, 1.54) is 6.20 Å². The van der Waals surface area contributed by atoms with Gasteiger partial charge in [-0.25, -0.2) is 4.98 Å². The number of fused-ring (bicyclic) bond motifs is 1. The van der Waals surface area contributed by atoms with Gasteiger partial charge in [0.25, 0.3) is 5.91 Å². The maximum Gasteiger partial charge on any atom is 0.260 e. The van der Waals surface area contributed by atoms with Gasteiger partial charge in [-0.05, 0) is 42.8 Å². The molecule has 126 valence electrons. The van der Waals surface area contributed by atoms with Gasteiger partial charge in [-0.3, -0.25) is 9.89 Å². The van der Waals surface area contributed by atoms with Gasteiger partial charge in [0.15, 0.2) is 11.5 Å². The number of carbonyl (C=O) groups is 1. The average Bonchev–Trinajstić information content (AvgIpc) is 3.11. The molecule has 2 aromatic heterocycles. The van der Waals surface area contributed by atoms with Crippen LogP contribution >= 0.6 is 0 Å². The number of nitrogens with zero attached hydrogens (tertiary/aromatic N) is 2. The summed E-state index contributed by atoms with van der Waals surface area (Å²) < 4.78 is 11.1. The molecule has 4 rings (SSSR count). The van der Waals surface area contributed by atoms with Crippen molar-refractivity contribution >= 4 is 11.7 Å². The highest BCUT2D eigenvalue weighted by molar-refractivity contribution is 6.07. The molecule has 0 bridgehead atoms. The molecule has 0 saturated carbocycles. The third-order valence-electron chi connectivity index (χ3n) is 3.87. The molecule has 0 spiro atoms. The number of aromatic amines is 1. The fraction of sp³-hybridized carbons (Fsp3) is 0.167. The van der Waals surface area contributed by atoms with Crippen LogP contribution in [0.1, 0.15) is 15.9 Å². The van der Waals surface area contributed by atoms with E-state index in [0.29, 0.717) is 41.8 Å². The first-order chi connectivity index (χ1) is 12.2. The van der Waals surface area contributed by atoms with Crippen molar-refractivity contribution in [1.29, 1.82) is 0 Å². The van der Waals surface area contributed by atoms with E-state index >= 15 is 0 Å². The molecule has 0 radical (unpaired) electrons. The van der Waals surface area contributed by atoms with Crippen molar-refractivity contribution < 1.29 is 14.3 Å². The summed E-state index contributed by atoms with van der Waals surface area (Å²) in [5.74, 6) is 1.57. The van der Waals surface area contributed by atoms with Gasteiger partial charge in [-0.15, -0.1) is 0 Å². The lowest BCUT2D eigenvalue weighted by Gasteiger charge is -2.18. The molecule has 2 N–H and O–H groups in total. The Morgan fingerprint density at radius 3 is 2.84 bits per heavy atom. The number of H-pyrrole nitrogens is 1. The summed E-state index contributed by atoms with van der Waals surface area (Å²) in [5, 5.41) is 9.68. The zero-order valence-corrected chi connectivity index (χ0v) is 13.6. The number of carbonyl (C=O) groups excluding carboxylic acids is 1. The number of anilines is 1. The van der Waals surface area contributed by atoms with Gasteiger partial charge in [0.1, 0.15) is 19.0 Å². The van der Waals surface area contributed by atoms with Crippen molar-refractivity contribution in [2.75, 3.05) is 18.5 Å². The molecule has 0 aliphatic carbocycles. The second-order valence-corrected chi connectivity index (χ2v) is 5.69. The Labute approximate surface area is 144 Å². The summed E-state index contributed by atoms with van der Waals surface area (Å²) in [6, 6.07) is 9.21. The van der Waals surface area contributed by atoms with Crippen LogP contribution in [0.15, 0.2) is 42.7 Å². The quantitative estimate of drug-likeness (QED) is 0.768. The maximum absolute atomic E-state index is 12.6. The van der Waals surface area contributed by atoms with Crippen molar-refractivity contribution in [3.8, 4) is 22.8 Å². The molecular formula is C18H16N4O3. The summed E-state index contributed by atoms with van der Waals surface area (Å²) in [6.07, 6.45) is 3.15. The summed E-state index contributed by atoms with van der Waals surface area (Å²) >= 11 is 0. The van der Waals surface area contributed by atoms with Crippen LogP contribution in [0.5, 0.6) is 11.5 Å². The van der Waals surface area contributed by atoms with Crippen molar-refractivity contribution in [1.82, 2.24) is 15.2 Å². The van der Waals surface area contributed by atoms with Gasteiger partial charge in [-0.2, -0.15) is 5.10 Å². The lowest BCUT2D eigenvalue weighted by atomic mass is 10.1. The Morgan fingerprint density at radius 1 is 1.16 bits per heavy atom. The normalized spacial score (nSPS) is 12.7. The first-order valence-corrected chi connectivity index (χ1v) is 7.88. The molecule has 7 nitrogen and oxygen atoms in total. The molecule has 3 aromatic rings. The third-order valence-corrected chi connectivity index (χ3v) is 3.87. The number of ether oxygens (including phenoxy) is 2. The lowest BCUT2D eigenvalue weighted by Crippen LogP contribution is -2.15. The second-order valence-electron chi connectivity index (χ2n) is 5.69. The lowest BCUT2D eigenvalue weighted by molar-refractivity contribution is 0.102. The van der Waals surface area contributed by atoms with E-state index in [-0.39, 0.29) is 5.91 Å². The molecule has 0 fully saturated rings. The van der Waals surface area contributed by atoms with Gasteiger partial charge >= 0.3 is 0 Å². The Morgan fingerprint density at radius 2 is 2.00 bits per heavy atom. The van der Waals surface area contributed by atoms with Crippen molar-refractivity contribution in [3.05, 3.63) is 53.9 Å². The van der Waals surface area contributed by atoms with Gasteiger partial charge in [0.2, 0.25) is 0 Å². The van der Waals surface area contributed by atoms with Crippen LogP contribution in [0, 0.1) is 6.92 Å². The fourth-order valence-electron chi connectivity index (χ4n) is 2.67. The van der Waals surface area contributed by atoms with E-state index in [2.05, 4.69) is 20.5 Å². The zero-order valence-electron chi connectivity index (χ0n) is 13.6. The number of amides is 1. The van der Waals surface area contributed by atoms with Crippen LogP contribution in [-0.2, 0) is 0 Å². The molecular weight excluding hydrogens is 320 g/mol. The van der Waals surface area contributed by atoms with Gasteiger partial charge in [0.05, 0.1) is 17.5 Å². The number of aromatic nitrogens is 3. The fourth-order valence-corrected chi connectivity index (χ4v) is 2.67. The third kappa shape index (κ3) is 3.03. The number of aryl methyl sites for hydroxylation is 1. The first-order valence-electron chi connectivity index (χ1n) is 7.88. The highest BCUT2D eigenvalue weighted by Gasteiger charge is 2.19. The number of hydrogen-bond acceptors (Lipinski definition) is 5. The molecule has 1 aliphatic rings. The van der Waals surface area contributed by atoms with Crippen LogP contribution in [0.25, 0.3) is 11.3 Å². The maximum atomic E-state index is 12.6. The van der Waals surface area contributed by atoms with Gasteiger partial charge in [0, 0.05) is 11.8 Å². The SMILES string of the molecule is Cc1ccnc(NC(=O)c2cn[nH]c2-c2ccc3c(c2)OCCO3)c1. The van der Waals surface area contributed by atoms with Crippen molar-refractivity contribution in [2.45, 2.75) is 6.92 Å². The van der Waals surface area contributed by atoms with Gasteiger partial charge < -0.3 is 14.8 Å². The molecule has 7 heteroatoms. The Hall–Kier alpha value is -3.35. The van der Waals surface area contributed by atoms with E-state index in [0.717, 1.165) is 11.1 Å². The summed E-state index contributed by atoms with van der Waals surface area (Å²) in [4.78, 5) is 16.8. The van der Waals surface area contributed by atoms with Gasteiger partial charge in [-0.1, -0.05) is 0 Å². The Kier molecular flexibility index (Phi) is 3.81. The summed E-state index contributed by atoms with van der Waals surface area (Å²) in [6.45, 7) is 2.98. The Bertz CT molecular complexity index is 936. The molecule has 1 amide bonds. The van der Waals surface area contributed by atoms with Crippen LogP contribution in [0.4, 0.5) is 5.82 Å². The largest absolute Gasteiger partial charge is 0.486 e. The molecule has 0 atom stereocenters. The minimum atomic E-state index is -0.281. The van der Waals surface area contributed by atoms with E-state index in [9.17, 15) is 4.79 Å². The minimum absolute atomic E-state index is 0.281. The zero-order chi connectivity index (χ0) is 17.2. The van der Waals surface area contributed by atoms with Crippen molar-refractivity contribution in [2.24, 2.45) is 0 Å². The molecule has 25 heavy (non-hydrogen) atoms. The van der Waals surface area contributed by atoms with E-state index in [1.807, 2.05) is 37.3 Å². The highest BCUT2D eigenvalue weighted by atomic mass is 16.6. The second kappa shape index (κ2) is 6.27. The van der Waals surface area contributed by atoms with Crippen LogP contribution in [0.3, 0.4) is 0 Å². The number of rotatable bonds is 3. The number of hydrogen-bond donors (Lipinski definition) is 2. The van der Waals surface area contributed by atoms with E-state index in [4.69, 9.17) is 9.47 Å². The Balaban J connectivity index is 1.63. The van der Waals surface area contributed by atoms with E-state index in [1.54, 1.807) is 6.20 Å². The van der Waals surface area contributed by atoms with E-state index < -0.39 is 0 Å². The number of pyridine rings is 1. The van der Waals surface area contributed by atoms with Crippen LogP contribution < -0.4 is 14.8 Å². The minimum Gasteiger partial charge on any atom is -0.486 e. The standard InChI is InChI=1S/C18H16N4O3/c1-11-4-5-19-16(8-11)21-18(23)13-10-20-22-17(13)12-2-3-14-15(9-12)25-7-6-24-14/h2-5,8-10H,6-7H2,1H3,(H,20,22)(H,19,21,23). The predicted octanol–water partition coefficient (Wildman–Crippen LogP) is 2.80.